The van der Waals surface area contributed by atoms with Crippen LogP contribution in [0.1, 0.15) is 18.4 Å². The van der Waals surface area contributed by atoms with Crippen LogP contribution in [-0.4, -0.2) is 89.5 Å². The summed E-state index contributed by atoms with van der Waals surface area (Å²) in [7, 11) is -4.06. The minimum atomic E-state index is -4.06. The first-order valence-electron chi connectivity index (χ1n) is 14.6. The Morgan fingerprint density at radius 2 is 1.89 bits per heavy atom. The maximum atomic E-state index is 15.2. The molecule has 236 valence electrons. The summed E-state index contributed by atoms with van der Waals surface area (Å²) in [6.45, 7) is 4.11. The zero-order chi connectivity index (χ0) is 31.3. The Labute approximate surface area is 263 Å². The van der Waals surface area contributed by atoms with Gasteiger partial charge in [-0.1, -0.05) is 29.3 Å². The molecule has 12 nitrogen and oxygen atoms in total. The molecule has 3 aromatic heterocycles. The number of ether oxygens (including phenoxy) is 3. The number of nitrogens with zero attached hydrogens (tertiary/aromatic N) is 5. The molecule has 1 aromatic carbocycles. The van der Waals surface area contributed by atoms with E-state index in [0.29, 0.717) is 43.8 Å². The molecule has 4 aromatic rings. The number of hydrogen-bond acceptors (Lipinski definition) is 10. The largest absolute Gasteiger partial charge is 0.444 e. The normalized spacial score (nSPS) is 23.3. The zero-order valence-corrected chi connectivity index (χ0v) is 25.8. The highest BCUT2D eigenvalue weighted by Gasteiger charge is 2.49. The van der Waals surface area contributed by atoms with Crippen LogP contribution in [0.25, 0.3) is 22.4 Å². The van der Waals surface area contributed by atoms with Gasteiger partial charge in [-0.3, -0.25) is 0 Å². The van der Waals surface area contributed by atoms with E-state index in [1.165, 1.54) is 24.5 Å². The Balaban J connectivity index is 1.20. The molecular formula is C30H30ClFN6O6S. The lowest BCUT2D eigenvalue weighted by molar-refractivity contribution is -0.00633. The number of likely N-dealkylation sites (tertiary alicyclic amines) is 1. The fourth-order valence-corrected chi connectivity index (χ4v) is 7.56. The summed E-state index contributed by atoms with van der Waals surface area (Å²) < 4.78 is 60.2. The van der Waals surface area contributed by atoms with Crippen molar-refractivity contribution in [3.8, 4) is 11.4 Å². The topological polar surface area (TPSA) is 138 Å². The third kappa shape index (κ3) is 5.60. The van der Waals surface area contributed by atoms with Crippen LogP contribution in [0.2, 0.25) is 5.02 Å². The van der Waals surface area contributed by atoms with Gasteiger partial charge in [-0.15, -0.1) is 0 Å². The van der Waals surface area contributed by atoms with E-state index in [2.05, 4.69) is 20.3 Å². The number of halogens is 2. The minimum Gasteiger partial charge on any atom is -0.444 e. The summed E-state index contributed by atoms with van der Waals surface area (Å²) in [5.74, 6) is -0.672. The van der Waals surface area contributed by atoms with E-state index in [9.17, 15) is 13.2 Å². The molecule has 0 bridgehead atoms. The van der Waals surface area contributed by atoms with Crippen LogP contribution in [0.4, 0.5) is 15.0 Å². The average molecular weight is 657 g/mol. The van der Waals surface area contributed by atoms with Crippen LogP contribution in [-0.2, 0) is 24.2 Å². The molecule has 0 radical (unpaired) electrons. The van der Waals surface area contributed by atoms with Crippen LogP contribution >= 0.6 is 11.6 Å². The van der Waals surface area contributed by atoms with Gasteiger partial charge in [-0.05, 0) is 31.5 Å². The number of pyridine rings is 1. The first-order valence-corrected chi connectivity index (χ1v) is 16.4. The Hall–Kier alpha value is -3.85. The molecular weight excluding hydrogens is 627 g/mol. The first kappa shape index (κ1) is 29.8. The molecule has 45 heavy (non-hydrogen) atoms. The summed E-state index contributed by atoms with van der Waals surface area (Å²) in [4.78, 5) is 27.7. The van der Waals surface area contributed by atoms with Crippen molar-refractivity contribution in [2.45, 2.75) is 42.8 Å². The van der Waals surface area contributed by atoms with Crippen molar-refractivity contribution in [1.82, 2.24) is 23.8 Å². The van der Waals surface area contributed by atoms with Crippen molar-refractivity contribution in [2.24, 2.45) is 5.92 Å². The van der Waals surface area contributed by atoms with Crippen LogP contribution in [0.15, 0.2) is 53.8 Å². The molecule has 3 aliphatic rings. The highest BCUT2D eigenvalue weighted by atomic mass is 35.5. The predicted molar refractivity (Wildman–Crippen MR) is 162 cm³/mol. The highest BCUT2D eigenvalue weighted by molar-refractivity contribution is 7.90. The van der Waals surface area contributed by atoms with Gasteiger partial charge < -0.3 is 24.4 Å². The number of anilines is 1. The lowest BCUT2D eigenvalue weighted by atomic mass is 9.84. The van der Waals surface area contributed by atoms with Crippen LogP contribution in [0.3, 0.4) is 0 Å². The Morgan fingerprint density at radius 1 is 1.11 bits per heavy atom. The molecule has 3 aliphatic heterocycles. The second-order valence-electron chi connectivity index (χ2n) is 11.5. The van der Waals surface area contributed by atoms with E-state index in [-0.39, 0.29) is 57.9 Å². The summed E-state index contributed by atoms with van der Waals surface area (Å²) in [6.07, 6.45) is 4.43. The number of hydrogen-bond donors (Lipinski definition) is 1. The molecule has 3 saturated heterocycles. The summed E-state index contributed by atoms with van der Waals surface area (Å²) >= 11 is 6.26. The van der Waals surface area contributed by atoms with Gasteiger partial charge in [0.2, 0.25) is 0 Å². The molecule has 6 heterocycles. The van der Waals surface area contributed by atoms with Crippen LogP contribution < -0.4 is 5.32 Å². The monoisotopic (exact) mass is 656 g/mol. The standard InChI is InChI=1S/C30H30ClFN6O6S/c1-17-2-4-21(5-3-17)45(40,41)38-13-23(22-10-19(31)11-34-29(22)38)27-33-12-24(32)28(36-27)35-25-14-37(26(25)18-6-8-42-15-18)30(39)44-20-7-9-43-16-20/h2-5,10-13,18,20,25-26H,6-9,14-16H2,1H3,(H,33,35,36)/t18?,20?,25?,26-/m0/s1. The van der Waals surface area contributed by atoms with E-state index >= 15 is 4.39 Å². The van der Waals surface area contributed by atoms with E-state index in [1.807, 2.05) is 6.92 Å². The van der Waals surface area contributed by atoms with Gasteiger partial charge in [0.1, 0.15) is 6.10 Å². The number of fused-ring (bicyclic) bond motifs is 1. The minimum absolute atomic E-state index is 0.0335. The Kier molecular flexibility index (Phi) is 7.84. The number of amides is 1. The number of nitrogens with one attached hydrogen (secondary N) is 1. The SMILES string of the molecule is Cc1ccc(S(=O)(=O)n2cc(-c3ncc(F)c(NC4CN(C(=O)OC5CCOC5)[C@H]4C4CCOC4)n3)c3cc(Cl)cnc32)cc1. The van der Waals surface area contributed by atoms with Gasteiger partial charge >= 0.3 is 6.09 Å². The molecule has 0 aliphatic carbocycles. The van der Waals surface area contributed by atoms with Gasteiger partial charge in [-0.2, -0.15) is 0 Å². The second-order valence-corrected chi connectivity index (χ2v) is 13.7. The van der Waals surface area contributed by atoms with Crippen molar-refractivity contribution in [3.63, 3.8) is 0 Å². The van der Waals surface area contributed by atoms with E-state index in [0.717, 1.165) is 22.2 Å². The number of aryl methyl sites for hydroxylation is 1. The number of benzene rings is 1. The van der Waals surface area contributed by atoms with E-state index in [4.69, 9.17) is 25.8 Å². The maximum absolute atomic E-state index is 15.2. The fourth-order valence-electron chi connectivity index (χ4n) is 6.08. The predicted octanol–water partition coefficient (Wildman–Crippen LogP) is 4.26. The smallest absolute Gasteiger partial charge is 0.410 e. The second kappa shape index (κ2) is 11.8. The van der Waals surface area contributed by atoms with Crippen molar-refractivity contribution in [2.75, 3.05) is 38.3 Å². The van der Waals surface area contributed by atoms with Gasteiger partial charge in [-0.25, -0.2) is 36.5 Å². The number of carbonyl (C=O) groups excluding carboxylic acids is 1. The molecule has 15 heteroatoms. The third-order valence-corrected chi connectivity index (χ3v) is 10.3. The van der Waals surface area contributed by atoms with Gasteiger partial charge in [0.25, 0.3) is 10.0 Å². The molecule has 1 amide bonds. The molecule has 1 N–H and O–H groups in total. The average Bonchev–Trinajstić information content (AvgIpc) is 3.78. The molecule has 0 saturated carbocycles. The molecule has 0 spiro atoms. The molecule has 4 atom stereocenters. The lowest BCUT2D eigenvalue weighted by Crippen LogP contribution is -2.68. The van der Waals surface area contributed by atoms with Crippen molar-refractivity contribution in [1.29, 1.82) is 0 Å². The fraction of sp³-hybridized carbons (Fsp3) is 0.400. The summed E-state index contributed by atoms with van der Waals surface area (Å²) in [6, 6.07) is 7.40. The van der Waals surface area contributed by atoms with Crippen molar-refractivity contribution in [3.05, 3.63) is 65.3 Å². The van der Waals surface area contributed by atoms with Crippen LogP contribution in [0.5, 0.6) is 0 Å². The lowest BCUT2D eigenvalue weighted by Gasteiger charge is -2.50. The number of aromatic nitrogens is 4. The number of carbonyl (C=O) groups is 1. The molecule has 3 unspecified atom stereocenters. The van der Waals surface area contributed by atoms with E-state index < -0.39 is 21.9 Å². The maximum Gasteiger partial charge on any atom is 0.410 e. The van der Waals surface area contributed by atoms with Gasteiger partial charge in [0, 0.05) is 48.8 Å². The summed E-state index contributed by atoms with van der Waals surface area (Å²) in [5.41, 5.74) is 1.34. The van der Waals surface area contributed by atoms with Crippen molar-refractivity contribution >= 4 is 44.6 Å². The van der Waals surface area contributed by atoms with Crippen LogP contribution in [0, 0.1) is 18.7 Å². The quantitative estimate of drug-likeness (QED) is 0.307. The van der Waals surface area contributed by atoms with Gasteiger partial charge in [0.05, 0.1) is 48.0 Å². The molecule has 7 rings (SSSR count). The van der Waals surface area contributed by atoms with Gasteiger partial charge in [0.15, 0.2) is 23.1 Å². The third-order valence-electron chi connectivity index (χ3n) is 8.47. The first-order chi connectivity index (χ1) is 21.7. The highest BCUT2D eigenvalue weighted by Crippen LogP contribution is 2.36. The Morgan fingerprint density at radius 3 is 2.62 bits per heavy atom. The zero-order valence-electron chi connectivity index (χ0n) is 24.2. The summed E-state index contributed by atoms with van der Waals surface area (Å²) in [5, 5.41) is 3.83. The Bertz CT molecular complexity index is 1860. The van der Waals surface area contributed by atoms with E-state index in [1.54, 1.807) is 23.1 Å². The molecule has 3 fully saturated rings. The van der Waals surface area contributed by atoms with Crippen molar-refractivity contribution < 1.29 is 31.8 Å². The number of rotatable bonds is 7.